The zero-order valence-corrected chi connectivity index (χ0v) is 12.1. The van der Waals surface area contributed by atoms with E-state index < -0.39 is 0 Å². The summed E-state index contributed by atoms with van der Waals surface area (Å²) in [6, 6.07) is 6.07. The minimum absolute atomic E-state index is 0.0520. The van der Waals surface area contributed by atoms with Crippen molar-refractivity contribution in [2.75, 3.05) is 32.8 Å². The van der Waals surface area contributed by atoms with Gasteiger partial charge in [0.15, 0.2) is 5.78 Å². The van der Waals surface area contributed by atoms with Gasteiger partial charge in [0.1, 0.15) is 5.82 Å². The van der Waals surface area contributed by atoms with E-state index in [9.17, 15) is 9.18 Å². The van der Waals surface area contributed by atoms with Crippen molar-refractivity contribution in [3.05, 3.63) is 35.6 Å². The van der Waals surface area contributed by atoms with Crippen LogP contribution in [0.15, 0.2) is 24.3 Å². The Kier molecular flexibility index (Phi) is 6.29. The molecule has 1 heterocycles. The summed E-state index contributed by atoms with van der Waals surface area (Å²) in [6.45, 7) is 2.55. The molecule has 0 aliphatic carbocycles. The molecule has 116 valence electrons. The maximum Gasteiger partial charge on any atom is 0.151 e. The Morgan fingerprint density at radius 1 is 1.29 bits per heavy atom. The zero-order chi connectivity index (χ0) is 15.1. The van der Waals surface area contributed by atoms with Gasteiger partial charge in [0.05, 0.1) is 25.9 Å². The van der Waals surface area contributed by atoms with E-state index in [1.807, 2.05) is 0 Å². The lowest BCUT2D eigenvalue weighted by Crippen LogP contribution is -2.40. The van der Waals surface area contributed by atoms with Gasteiger partial charge in [-0.15, -0.1) is 0 Å². The lowest BCUT2D eigenvalue weighted by molar-refractivity contribution is -0.120. The maximum atomic E-state index is 12.8. The molecule has 0 saturated carbocycles. The summed E-state index contributed by atoms with van der Waals surface area (Å²) in [7, 11) is 0. The van der Waals surface area contributed by atoms with Crippen LogP contribution < -0.4 is 0 Å². The highest BCUT2D eigenvalue weighted by atomic mass is 19.1. The average Bonchev–Trinajstić information content (AvgIpc) is 2.49. The second kappa shape index (κ2) is 8.22. The van der Waals surface area contributed by atoms with E-state index >= 15 is 0 Å². The standard InChI is InChI=1S/C16H22FNO3/c17-14-3-1-13(2-4-14)11-15(20)12-18-7-5-16(6-8-18)21-10-9-19/h1-4,16,19H,5-12H2. The molecule has 1 saturated heterocycles. The van der Waals surface area contributed by atoms with E-state index in [0.29, 0.717) is 19.6 Å². The molecule has 1 aromatic carbocycles. The van der Waals surface area contributed by atoms with E-state index in [1.165, 1.54) is 12.1 Å². The molecule has 0 bridgehead atoms. The van der Waals surface area contributed by atoms with Crippen LogP contribution in [-0.4, -0.2) is 54.7 Å². The molecule has 1 aliphatic rings. The lowest BCUT2D eigenvalue weighted by Gasteiger charge is -2.31. The average molecular weight is 295 g/mol. The van der Waals surface area contributed by atoms with Crippen LogP contribution in [0.2, 0.25) is 0 Å². The first-order valence-electron chi connectivity index (χ1n) is 7.38. The van der Waals surface area contributed by atoms with Gasteiger partial charge in [-0.1, -0.05) is 12.1 Å². The minimum atomic E-state index is -0.281. The van der Waals surface area contributed by atoms with E-state index in [1.54, 1.807) is 12.1 Å². The number of Topliss-reactive ketones (excluding diaryl/α,β-unsaturated/α-hetero) is 1. The molecule has 1 aliphatic heterocycles. The monoisotopic (exact) mass is 295 g/mol. The first kappa shape index (κ1) is 16.1. The number of hydrogen-bond acceptors (Lipinski definition) is 4. The highest BCUT2D eigenvalue weighted by Gasteiger charge is 2.21. The predicted molar refractivity (Wildman–Crippen MR) is 77.6 cm³/mol. The molecule has 2 rings (SSSR count). The van der Waals surface area contributed by atoms with Gasteiger partial charge in [-0.3, -0.25) is 9.69 Å². The predicted octanol–water partition coefficient (Wildman–Crippen LogP) is 1.41. The first-order chi connectivity index (χ1) is 10.2. The van der Waals surface area contributed by atoms with Crippen molar-refractivity contribution in [2.24, 2.45) is 0 Å². The van der Waals surface area contributed by atoms with Gasteiger partial charge in [-0.05, 0) is 30.5 Å². The first-order valence-corrected chi connectivity index (χ1v) is 7.38. The summed E-state index contributed by atoms with van der Waals surface area (Å²) < 4.78 is 18.3. The Labute approximate surface area is 124 Å². The van der Waals surface area contributed by atoms with Gasteiger partial charge in [-0.2, -0.15) is 0 Å². The SMILES string of the molecule is O=C(Cc1ccc(F)cc1)CN1CCC(OCCO)CC1. The zero-order valence-electron chi connectivity index (χ0n) is 12.1. The number of carbonyl (C=O) groups excluding carboxylic acids is 1. The Bertz CT molecular complexity index is 441. The number of ether oxygens (including phenoxy) is 1. The molecule has 5 heteroatoms. The Morgan fingerprint density at radius 2 is 1.95 bits per heavy atom. The van der Waals surface area contributed by atoms with E-state index in [-0.39, 0.29) is 24.3 Å². The Morgan fingerprint density at radius 3 is 2.57 bits per heavy atom. The van der Waals surface area contributed by atoms with E-state index in [4.69, 9.17) is 9.84 Å². The fraction of sp³-hybridized carbons (Fsp3) is 0.562. The summed E-state index contributed by atoms with van der Waals surface area (Å²) in [5.74, 6) is -0.132. The molecular formula is C16H22FNO3. The quantitative estimate of drug-likeness (QED) is 0.826. The summed E-state index contributed by atoms with van der Waals surface area (Å²) in [6.07, 6.45) is 2.33. The van der Waals surface area contributed by atoms with Gasteiger partial charge in [0.2, 0.25) is 0 Å². The molecule has 4 nitrogen and oxygen atoms in total. The fourth-order valence-corrected chi connectivity index (χ4v) is 2.59. The van der Waals surface area contributed by atoms with E-state index in [0.717, 1.165) is 31.5 Å². The molecule has 0 aromatic heterocycles. The summed E-state index contributed by atoms with van der Waals surface area (Å²) in [5, 5.41) is 8.72. The smallest absolute Gasteiger partial charge is 0.151 e. The molecule has 0 amide bonds. The third kappa shape index (κ3) is 5.53. The van der Waals surface area contributed by atoms with Crippen LogP contribution >= 0.6 is 0 Å². The fourth-order valence-electron chi connectivity index (χ4n) is 2.59. The van der Waals surface area contributed by atoms with Gasteiger partial charge >= 0.3 is 0 Å². The largest absolute Gasteiger partial charge is 0.394 e. The van der Waals surface area contributed by atoms with Crippen LogP contribution in [0.5, 0.6) is 0 Å². The Balaban J connectivity index is 1.70. The number of aliphatic hydroxyl groups is 1. The van der Waals surface area contributed by atoms with E-state index in [2.05, 4.69) is 4.90 Å². The van der Waals surface area contributed by atoms with Crippen molar-refractivity contribution < 1.29 is 19.0 Å². The summed E-state index contributed by atoms with van der Waals surface area (Å²) in [4.78, 5) is 14.1. The molecule has 1 N–H and O–H groups in total. The number of piperidine rings is 1. The van der Waals surface area contributed by atoms with Crippen LogP contribution in [0.1, 0.15) is 18.4 Å². The third-order valence-corrected chi connectivity index (χ3v) is 3.69. The molecule has 0 unspecified atom stereocenters. The van der Waals surface area contributed by atoms with Crippen molar-refractivity contribution in [1.29, 1.82) is 0 Å². The van der Waals surface area contributed by atoms with Gasteiger partial charge in [0, 0.05) is 19.5 Å². The number of nitrogens with zero attached hydrogens (tertiary/aromatic N) is 1. The van der Waals surface area contributed by atoms with Crippen molar-refractivity contribution >= 4 is 5.78 Å². The third-order valence-electron chi connectivity index (χ3n) is 3.69. The number of ketones is 1. The van der Waals surface area contributed by atoms with Crippen LogP contribution in [0.25, 0.3) is 0 Å². The molecule has 0 radical (unpaired) electrons. The number of hydrogen-bond donors (Lipinski definition) is 1. The number of benzene rings is 1. The molecule has 21 heavy (non-hydrogen) atoms. The van der Waals surface area contributed by atoms with Crippen LogP contribution in [0.4, 0.5) is 4.39 Å². The van der Waals surface area contributed by atoms with Crippen molar-refractivity contribution in [2.45, 2.75) is 25.4 Å². The Hall–Kier alpha value is -1.30. The van der Waals surface area contributed by atoms with Crippen molar-refractivity contribution in [1.82, 2.24) is 4.90 Å². The second-order valence-electron chi connectivity index (χ2n) is 5.41. The van der Waals surface area contributed by atoms with Gasteiger partial charge in [-0.25, -0.2) is 4.39 Å². The van der Waals surface area contributed by atoms with Crippen molar-refractivity contribution in [3.8, 4) is 0 Å². The number of halogens is 1. The summed E-state index contributed by atoms with van der Waals surface area (Å²) >= 11 is 0. The summed E-state index contributed by atoms with van der Waals surface area (Å²) in [5.41, 5.74) is 0.850. The topological polar surface area (TPSA) is 49.8 Å². The number of rotatable bonds is 7. The second-order valence-corrected chi connectivity index (χ2v) is 5.41. The molecule has 0 atom stereocenters. The highest BCUT2D eigenvalue weighted by Crippen LogP contribution is 2.14. The maximum absolute atomic E-state index is 12.8. The molecule has 1 fully saturated rings. The lowest BCUT2D eigenvalue weighted by atomic mass is 10.1. The van der Waals surface area contributed by atoms with Crippen LogP contribution in [0.3, 0.4) is 0 Å². The highest BCUT2D eigenvalue weighted by molar-refractivity contribution is 5.82. The number of aliphatic hydroxyl groups excluding tert-OH is 1. The molecular weight excluding hydrogens is 273 g/mol. The molecule has 0 spiro atoms. The normalized spacial score (nSPS) is 17.0. The van der Waals surface area contributed by atoms with Crippen LogP contribution in [0, 0.1) is 5.82 Å². The number of likely N-dealkylation sites (tertiary alicyclic amines) is 1. The number of carbonyl (C=O) groups is 1. The van der Waals surface area contributed by atoms with Crippen molar-refractivity contribution in [3.63, 3.8) is 0 Å². The minimum Gasteiger partial charge on any atom is -0.394 e. The van der Waals surface area contributed by atoms with Gasteiger partial charge in [0.25, 0.3) is 0 Å². The molecule has 1 aromatic rings. The van der Waals surface area contributed by atoms with Crippen LogP contribution in [-0.2, 0) is 16.0 Å². The van der Waals surface area contributed by atoms with Gasteiger partial charge < -0.3 is 9.84 Å².